The first kappa shape index (κ1) is 20.3. The van der Waals surface area contributed by atoms with E-state index in [-0.39, 0.29) is 6.10 Å². The lowest BCUT2D eigenvalue weighted by Gasteiger charge is -2.41. The van der Waals surface area contributed by atoms with Crippen LogP contribution >= 0.6 is 0 Å². The minimum atomic E-state index is -1.40. The van der Waals surface area contributed by atoms with E-state index in [4.69, 9.17) is 4.74 Å². The molecule has 0 aromatic heterocycles. The molecule has 1 nitrogen and oxygen atoms in total. The van der Waals surface area contributed by atoms with Crippen LogP contribution in [0.15, 0.2) is 12.1 Å². The number of ether oxygens (including phenoxy) is 1. The van der Waals surface area contributed by atoms with Crippen LogP contribution in [-0.4, -0.2) is 6.61 Å². The summed E-state index contributed by atoms with van der Waals surface area (Å²) in [5.74, 6) is 0.413. The Morgan fingerprint density at radius 2 is 1.14 bits per heavy atom. The molecule has 2 saturated carbocycles. The second kappa shape index (κ2) is 8.77. The van der Waals surface area contributed by atoms with Gasteiger partial charge in [0.25, 0.3) is 0 Å². The van der Waals surface area contributed by atoms with Crippen LogP contribution in [0.25, 0.3) is 0 Å². The Kier molecular flexibility index (Phi) is 6.34. The van der Waals surface area contributed by atoms with Gasteiger partial charge in [-0.05, 0) is 98.7 Å². The normalized spacial score (nSPS) is 37.0. The van der Waals surface area contributed by atoms with Crippen LogP contribution in [0, 0.1) is 47.0 Å². The average molecular weight is 395 g/mol. The molecule has 4 heteroatoms. The number of rotatable bonds is 3. The van der Waals surface area contributed by atoms with E-state index >= 15 is 0 Å². The topological polar surface area (TPSA) is 9.23 Å². The van der Waals surface area contributed by atoms with E-state index in [1.165, 1.54) is 51.4 Å². The minimum Gasteiger partial charge on any atom is -0.373 e. The molecule has 1 aliphatic heterocycles. The summed E-state index contributed by atoms with van der Waals surface area (Å²) in [5.41, 5.74) is 0.421. The van der Waals surface area contributed by atoms with Gasteiger partial charge in [-0.2, -0.15) is 0 Å². The Balaban J connectivity index is 1.26. The predicted octanol–water partition coefficient (Wildman–Crippen LogP) is 7.20. The van der Waals surface area contributed by atoms with E-state index in [1.807, 2.05) is 0 Å². The van der Waals surface area contributed by atoms with E-state index in [1.54, 1.807) is 0 Å². The fourth-order valence-corrected chi connectivity index (χ4v) is 6.01. The Labute approximate surface area is 167 Å². The zero-order valence-corrected chi connectivity index (χ0v) is 16.9. The van der Waals surface area contributed by atoms with Crippen LogP contribution in [0.1, 0.15) is 82.8 Å². The predicted molar refractivity (Wildman–Crippen MR) is 104 cm³/mol. The molecule has 3 fully saturated rings. The van der Waals surface area contributed by atoms with Crippen LogP contribution in [-0.2, 0) is 4.74 Å². The Hall–Kier alpha value is -1.03. The smallest absolute Gasteiger partial charge is 0.194 e. The quantitative estimate of drug-likeness (QED) is 0.492. The van der Waals surface area contributed by atoms with Crippen molar-refractivity contribution in [3.63, 3.8) is 0 Å². The average Bonchev–Trinajstić information content (AvgIpc) is 2.72. The van der Waals surface area contributed by atoms with Gasteiger partial charge in [0, 0.05) is 0 Å². The fourth-order valence-electron chi connectivity index (χ4n) is 6.01. The molecule has 0 radical (unpaired) electrons. The molecule has 1 aromatic carbocycles. The van der Waals surface area contributed by atoms with Gasteiger partial charge in [-0.1, -0.05) is 19.8 Å². The molecule has 4 rings (SSSR count). The zero-order chi connectivity index (χ0) is 19.7. The second-order valence-corrected chi connectivity index (χ2v) is 9.65. The monoisotopic (exact) mass is 394 g/mol. The van der Waals surface area contributed by atoms with Crippen LogP contribution in [0.4, 0.5) is 13.2 Å². The largest absolute Gasteiger partial charge is 0.373 e. The Bertz CT molecular complexity index is 629. The molecule has 1 aromatic rings. The third kappa shape index (κ3) is 4.42. The third-order valence-corrected chi connectivity index (χ3v) is 7.90. The summed E-state index contributed by atoms with van der Waals surface area (Å²) in [6, 6.07) is 2.17. The molecule has 2 aliphatic carbocycles. The first-order valence-corrected chi connectivity index (χ1v) is 11.3. The highest BCUT2D eigenvalue weighted by Crippen LogP contribution is 2.45. The van der Waals surface area contributed by atoms with E-state index in [0.717, 1.165) is 48.6 Å². The molecule has 0 N–H and O–H groups in total. The van der Waals surface area contributed by atoms with Gasteiger partial charge in [-0.3, -0.25) is 0 Å². The maximum absolute atomic E-state index is 13.5. The number of benzene rings is 1. The molecule has 0 amide bonds. The standard InChI is InChI=1S/C24H33F3O/c1-15-2-4-16(5-3-15)17-6-8-18(9-7-17)19-10-11-23(28-14-19)20-12-21(25)24(27)22(26)13-20/h12-13,15-19,23H,2-11,14H2,1H3. The molecule has 3 aliphatic rings. The molecule has 28 heavy (non-hydrogen) atoms. The lowest BCUT2D eigenvalue weighted by molar-refractivity contribution is -0.0423. The Morgan fingerprint density at radius 1 is 0.679 bits per heavy atom. The van der Waals surface area contributed by atoms with Crippen molar-refractivity contribution in [3.05, 3.63) is 35.1 Å². The van der Waals surface area contributed by atoms with Crippen molar-refractivity contribution in [2.45, 2.75) is 77.2 Å². The van der Waals surface area contributed by atoms with Crippen LogP contribution in [0.5, 0.6) is 0 Å². The molecule has 2 atom stereocenters. The second-order valence-electron chi connectivity index (χ2n) is 9.65. The highest BCUT2D eigenvalue weighted by Gasteiger charge is 2.35. The molecule has 0 bridgehead atoms. The summed E-state index contributed by atoms with van der Waals surface area (Å²) in [4.78, 5) is 0. The zero-order valence-electron chi connectivity index (χ0n) is 16.9. The van der Waals surface area contributed by atoms with Crippen LogP contribution in [0.2, 0.25) is 0 Å². The van der Waals surface area contributed by atoms with Gasteiger partial charge in [0.15, 0.2) is 17.5 Å². The van der Waals surface area contributed by atoms with Crippen molar-refractivity contribution in [2.75, 3.05) is 6.61 Å². The highest BCUT2D eigenvalue weighted by molar-refractivity contribution is 5.22. The van der Waals surface area contributed by atoms with E-state index < -0.39 is 17.5 Å². The first-order valence-electron chi connectivity index (χ1n) is 11.3. The van der Waals surface area contributed by atoms with Crippen molar-refractivity contribution in [2.24, 2.45) is 29.6 Å². The van der Waals surface area contributed by atoms with Gasteiger partial charge in [-0.25, -0.2) is 13.2 Å². The van der Waals surface area contributed by atoms with Crippen molar-refractivity contribution < 1.29 is 17.9 Å². The molecular formula is C24H33F3O. The van der Waals surface area contributed by atoms with Gasteiger partial charge < -0.3 is 4.74 Å². The van der Waals surface area contributed by atoms with E-state index in [0.29, 0.717) is 18.1 Å². The van der Waals surface area contributed by atoms with Gasteiger partial charge in [0.2, 0.25) is 0 Å². The first-order chi connectivity index (χ1) is 13.5. The summed E-state index contributed by atoms with van der Waals surface area (Å²) in [6.07, 6.45) is 12.5. The summed E-state index contributed by atoms with van der Waals surface area (Å²) in [6.45, 7) is 3.04. The van der Waals surface area contributed by atoms with Crippen molar-refractivity contribution >= 4 is 0 Å². The van der Waals surface area contributed by atoms with Crippen molar-refractivity contribution in [3.8, 4) is 0 Å². The summed E-state index contributed by atoms with van der Waals surface area (Å²) >= 11 is 0. The molecule has 156 valence electrons. The molecule has 1 saturated heterocycles. The SMILES string of the molecule is CC1CCC(C2CCC(C3CCC(c4cc(F)c(F)c(F)c4)OC3)CC2)CC1. The van der Waals surface area contributed by atoms with Crippen LogP contribution in [0.3, 0.4) is 0 Å². The molecule has 1 heterocycles. The lowest BCUT2D eigenvalue weighted by atomic mass is 9.67. The number of hydrogen-bond donors (Lipinski definition) is 0. The van der Waals surface area contributed by atoms with Crippen LogP contribution < -0.4 is 0 Å². The maximum atomic E-state index is 13.5. The van der Waals surface area contributed by atoms with Gasteiger partial charge in [-0.15, -0.1) is 0 Å². The van der Waals surface area contributed by atoms with Gasteiger partial charge in [0.05, 0.1) is 12.7 Å². The third-order valence-electron chi connectivity index (χ3n) is 7.90. The number of halogens is 3. The number of hydrogen-bond acceptors (Lipinski definition) is 1. The summed E-state index contributed by atoms with van der Waals surface area (Å²) in [7, 11) is 0. The van der Waals surface area contributed by atoms with E-state index in [9.17, 15) is 13.2 Å². The summed E-state index contributed by atoms with van der Waals surface area (Å²) in [5, 5.41) is 0. The van der Waals surface area contributed by atoms with E-state index in [2.05, 4.69) is 6.92 Å². The molecule has 0 spiro atoms. The van der Waals surface area contributed by atoms with Gasteiger partial charge in [0.1, 0.15) is 0 Å². The molecule has 2 unspecified atom stereocenters. The van der Waals surface area contributed by atoms with Crippen molar-refractivity contribution in [1.82, 2.24) is 0 Å². The highest BCUT2D eigenvalue weighted by atomic mass is 19.2. The minimum absolute atomic E-state index is 0.318. The summed E-state index contributed by atoms with van der Waals surface area (Å²) < 4.78 is 46.2. The van der Waals surface area contributed by atoms with Gasteiger partial charge >= 0.3 is 0 Å². The lowest BCUT2D eigenvalue weighted by Crippen LogP contribution is -2.32. The fraction of sp³-hybridized carbons (Fsp3) is 0.750. The molecular weight excluding hydrogens is 361 g/mol. The van der Waals surface area contributed by atoms with Crippen molar-refractivity contribution in [1.29, 1.82) is 0 Å². The maximum Gasteiger partial charge on any atom is 0.194 e. The Morgan fingerprint density at radius 3 is 1.64 bits per heavy atom.